The Labute approximate surface area is 166 Å². The standard InChI is InChI=1S/C20H18F2N2O4S/c1-13-3-8-16(28-13)12-24(2)20(25)14-4-6-15(7-5-14)23-29(26,27)17-9-10-18(21)19(22)11-17/h3-11,23H,12H2,1-2H3. The maximum absolute atomic E-state index is 13.3. The lowest BCUT2D eigenvalue weighted by Crippen LogP contribution is -2.26. The second-order valence-corrected chi connectivity index (χ2v) is 8.11. The minimum atomic E-state index is -4.10. The number of sulfonamides is 1. The summed E-state index contributed by atoms with van der Waals surface area (Å²) >= 11 is 0. The van der Waals surface area contributed by atoms with Gasteiger partial charge in [0.25, 0.3) is 15.9 Å². The van der Waals surface area contributed by atoms with Crippen molar-refractivity contribution in [1.82, 2.24) is 4.90 Å². The lowest BCUT2D eigenvalue weighted by atomic mass is 10.2. The van der Waals surface area contributed by atoms with E-state index in [0.717, 1.165) is 17.9 Å². The third-order valence-electron chi connectivity index (χ3n) is 4.12. The molecule has 3 rings (SSSR count). The number of carbonyl (C=O) groups excluding carboxylic acids is 1. The number of carbonyl (C=O) groups is 1. The number of hydrogen-bond donors (Lipinski definition) is 1. The molecule has 0 fully saturated rings. The van der Waals surface area contributed by atoms with Crippen molar-refractivity contribution in [2.24, 2.45) is 0 Å². The fourth-order valence-corrected chi connectivity index (χ4v) is 3.71. The zero-order valence-electron chi connectivity index (χ0n) is 15.6. The van der Waals surface area contributed by atoms with E-state index in [2.05, 4.69) is 4.72 Å². The Morgan fingerprint density at radius 1 is 1.03 bits per heavy atom. The lowest BCUT2D eigenvalue weighted by Gasteiger charge is -2.16. The first-order valence-corrected chi connectivity index (χ1v) is 10.0. The van der Waals surface area contributed by atoms with Crippen molar-refractivity contribution in [1.29, 1.82) is 0 Å². The molecule has 0 saturated heterocycles. The molecule has 152 valence electrons. The van der Waals surface area contributed by atoms with Crippen LogP contribution in [0.15, 0.2) is 63.9 Å². The number of anilines is 1. The van der Waals surface area contributed by atoms with Gasteiger partial charge in [-0.15, -0.1) is 0 Å². The van der Waals surface area contributed by atoms with Crippen LogP contribution >= 0.6 is 0 Å². The van der Waals surface area contributed by atoms with E-state index in [1.165, 1.54) is 29.2 Å². The van der Waals surface area contributed by atoms with E-state index in [1.54, 1.807) is 13.1 Å². The first kappa shape index (κ1) is 20.5. The first-order valence-electron chi connectivity index (χ1n) is 8.54. The predicted octanol–water partition coefficient (Wildman–Crippen LogP) is 3.94. The van der Waals surface area contributed by atoms with Crippen molar-refractivity contribution in [3.8, 4) is 0 Å². The van der Waals surface area contributed by atoms with Gasteiger partial charge in [0.1, 0.15) is 11.5 Å². The molecule has 0 unspecified atom stereocenters. The molecule has 0 spiro atoms. The van der Waals surface area contributed by atoms with Crippen LogP contribution in [-0.2, 0) is 16.6 Å². The van der Waals surface area contributed by atoms with E-state index >= 15 is 0 Å². The van der Waals surface area contributed by atoms with E-state index in [-0.39, 0.29) is 18.1 Å². The monoisotopic (exact) mass is 420 g/mol. The zero-order valence-corrected chi connectivity index (χ0v) is 16.5. The van der Waals surface area contributed by atoms with Gasteiger partial charge in [-0.25, -0.2) is 17.2 Å². The highest BCUT2D eigenvalue weighted by Gasteiger charge is 2.18. The number of benzene rings is 2. The molecule has 6 nitrogen and oxygen atoms in total. The number of hydrogen-bond acceptors (Lipinski definition) is 4. The Bertz CT molecular complexity index is 1140. The maximum Gasteiger partial charge on any atom is 0.261 e. The Morgan fingerprint density at radius 2 is 1.72 bits per heavy atom. The average Bonchev–Trinajstić information content (AvgIpc) is 3.08. The summed E-state index contributed by atoms with van der Waals surface area (Å²) in [6, 6.07) is 11.7. The third kappa shape index (κ3) is 4.80. The van der Waals surface area contributed by atoms with Gasteiger partial charge in [0.15, 0.2) is 11.6 Å². The van der Waals surface area contributed by atoms with Gasteiger partial charge in [-0.2, -0.15) is 0 Å². The van der Waals surface area contributed by atoms with E-state index in [9.17, 15) is 22.0 Å². The van der Waals surface area contributed by atoms with Crippen LogP contribution in [0.25, 0.3) is 0 Å². The maximum atomic E-state index is 13.3. The number of furan rings is 1. The van der Waals surface area contributed by atoms with Crippen LogP contribution in [0.5, 0.6) is 0 Å². The van der Waals surface area contributed by atoms with Crippen LogP contribution in [-0.4, -0.2) is 26.3 Å². The molecule has 3 aromatic rings. The van der Waals surface area contributed by atoms with E-state index < -0.39 is 26.6 Å². The molecular weight excluding hydrogens is 402 g/mol. The van der Waals surface area contributed by atoms with Gasteiger partial charge < -0.3 is 9.32 Å². The fourth-order valence-electron chi connectivity index (χ4n) is 2.63. The SMILES string of the molecule is Cc1ccc(CN(C)C(=O)c2ccc(NS(=O)(=O)c3ccc(F)c(F)c3)cc2)o1. The summed E-state index contributed by atoms with van der Waals surface area (Å²) in [7, 11) is -2.48. The topological polar surface area (TPSA) is 79.6 Å². The predicted molar refractivity (Wildman–Crippen MR) is 103 cm³/mol. The Hall–Kier alpha value is -3.20. The summed E-state index contributed by atoms with van der Waals surface area (Å²) in [6.45, 7) is 2.10. The first-order chi connectivity index (χ1) is 13.7. The molecule has 0 bridgehead atoms. The van der Waals surface area contributed by atoms with Crippen molar-refractivity contribution in [3.05, 3.63) is 83.3 Å². The number of rotatable bonds is 6. The summed E-state index contributed by atoms with van der Waals surface area (Å²) in [6.07, 6.45) is 0. The molecule has 0 aliphatic rings. The normalized spacial score (nSPS) is 11.3. The Balaban J connectivity index is 1.70. The number of amides is 1. The molecule has 1 aromatic heterocycles. The largest absolute Gasteiger partial charge is 0.464 e. The van der Waals surface area contributed by atoms with Gasteiger partial charge in [0.2, 0.25) is 0 Å². The number of aryl methyl sites for hydroxylation is 1. The number of halogens is 2. The summed E-state index contributed by atoms with van der Waals surface area (Å²) < 4.78 is 58.6. The van der Waals surface area contributed by atoms with Crippen LogP contribution in [0.2, 0.25) is 0 Å². The Morgan fingerprint density at radius 3 is 2.31 bits per heavy atom. The Kier molecular flexibility index (Phi) is 5.69. The van der Waals surface area contributed by atoms with Crippen molar-refractivity contribution in [2.75, 3.05) is 11.8 Å². The second-order valence-electron chi connectivity index (χ2n) is 6.43. The van der Waals surface area contributed by atoms with Crippen molar-refractivity contribution in [3.63, 3.8) is 0 Å². The smallest absolute Gasteiger partial charge is 0.261 e. The molecule has 29 heavy (non-hydrogen) atoms. The lowest BCUT2D eigenvalue weighted by molar-refractivity contribution is 0.0775. The average molecular weight is 420 g/mol. The van der Waals surface area contributed by atoms with Gasteiger partial charge in [-0.1, -0.05) is 0 Å². The molecule has 0 aliphatic heterocycles. The van der Waals surface area contributed by atoms with Gasteiger partial charge >= 0.3 is 0 Å². The molecule has 0 aliphatic carbocycles. The number of nitrogens with zero attached hydrogens (tertiary/aromatic N) is 1. The molecule has 9 heteroatoms. The second kappa shape index (κ2) is 8.04. The molecule has 0 radical (unpaired) electrons. The minimum absolute atomic E-state index is 0.176. The molecule has 1 amide bonds. The van der Waals surface area contributed by atoms with Gasteiger partial charge in [-0.05, 0) is 61.5 Å². The third-order valence-corrected chi connectivity index (χ3v) is 5.50. The van der Waals surface area contributed by atoms with Crippen molar-refractivity contribution < 1.29 is 26.4 Å². The van der Waals surface area contributed by atoms with E-state index in [0.29, 0.717) is 17.4 Å². The minimum Gasteiger partial charge on any atom is -0.464 e. The van der Waals surface area contributed by atoms with Crippen LogP contribution in [0.3, 0.4) is 0 Å². The summed E-state index contributed by atoms with van der Waals surface area (Å²) in [5.41, 5.74) is 0.530. The highest BCUT2D eigenvalue weighted by molar-refractivity contribution is 7.92. The van der Waals surface area contributed by atoms with Crippen LogP contribution in [0.1, 0.15) is 21.9 Å². The summed E-state index contributed by atoms with van der Waals surface area (Å²) in [4.78, 5) is 13.6. The summed E-state index contributed by atoms with van der Waals surface area (Å²) in [5.74, 6) is -1.27. The fraction of sp³-hybridized carbons (Fsp3) is 0.150. The van der Waals surface area contributed by atoms with Gasteiger partial charge in [-0.3, -0.25) is 9.52 Å². The van der Waals surface area contributed by atoms with Gasteiger partial charge in [0, 0.05) is 18.3 Å². The van der Waals surface area contributed by atoms with Crippen molar-refractivity contribution >= 4 is 21.6 Å². The molecular formula is C20H18F2N2O4S. The molecule has 1 heterocycles. The highest BCUT2D eigenvalue weighted by Crippen LogP contribution is 2.19. The quantitative estimate of drug-likeness (QED) is 0.655. The molecule has 0 saturated carbocycles. The molecule has 0 atom stereocenters. The molecule has 1 N–H and O–H groups in total. The van der Waals surface area contributed by atoms with E-state index in [1.807, 2.05) is 13.0 Å². The van der Waals surface area contributed by atoms with Crippen LogP contribution in [0, 0.1) is 18.6 Å². The number of nitrogens with one attached hydrogen (secondary N) is 1. The zero-order chi connectivity index (χ0) is 21.2. The highest BCUT2D eigenvalue weighted by atomic mass is 32.2. The van der Waals surface area contributed by atoms with E-state index in [4.69, 9.17) is 4.42 Å². The van der Waals surface area contributed by atoms with Gasteiger partial charge in [0.05, 0.1) is 11.4 Å². The summed E-state index contributed by atoms with van der Waals surface area (Å²) in [5, 5.41) is 0. The van der Waals surface area contributed by atoms with Crippen LogP contribution in [0.4, 0.5) is 14.5 Å². The van der Waals surface area contributed by atoms with Crippen molar-refractivity contribution in [2.45, 2.75) is 18.4 Å². The molecule has 2 aromatic carbocycles. The van der Waals surface area contributed by atoms with Crippen LogP contribution < -0.4 is 4.72 Å².